The van der Waals surface area contributed by atoms with Crippen molar-refractivity contribution in [3.63, 3.8) is 0 Å². The molecule has 0 saturated carbocycles. The van der Waals surface area contributed by atoms with Crippen LogP contribution in [0.4, 0.5) is 4.79 Å². The van der Waals surface area contributed by atoms with Gasteiger partial charge < -0.3 is 31.4 Å². The number of hydrogen-bond acceptors (Lipinski definition) is 5. The molecule has 1 aliphatic carbocycles. The Morgan fingerprint density at radius 1 is 1.02 bits per heavy atom. The minimum Gasteiger partial charge on any atom is -0.445 e. The van der Waals surface area contributed by atoms with E-state index in [-0.39, 0.29) is 31.3 Å². The number of alkyl carbamates (subject to hydrolysis) is 1. The maximum absolute atomic E-state index is 14.3. The van der Waals surface area contributed by atoms with Gasteiger partial charge in [-0.05, 0) is 60.4 Å². The molecule has 12 heteroatoms. The Balaban J connectivity index is 1.66. The number of hydrogen-bond donors (Lipinski definition) is 5. The molecule has 5 atom stereocenters. The SMILES string of the molecule is CC[C@H](C)C(NC(=O)[C@@]1(NC(=O)C(NC(=O)OCc2ccccc2C)[C@@H](C)CC)CCc2[nH]c3c(Cl)cc(Cl)cc3c2C1)C(N)=O. The van der Waals surface area contributed by atoms with E-state index < -0.39 is 41.4 Å². The van der Waals surface area contributed by atoms with Crippen molar-refractivity contribution in [2.75, 3.05) is 0 Å². The molecule has 0 aliphatic heterocycles. The van der Waals surface area contributed by atoms with E-state index in [0.717, 1.165) is 27.8 Å². The van der Waals surface area contributed by atoms with E-state index in [9.17, 15) is 19.2 Å². The zero-order chi connectivity index (χ0) is 33.8. The molecule has 1 aromatic heterocycles. The number of aryl methyl sites for hydroxylation is 2. The Morgan fingerprint density at radius 3 is 2.35 bits per heavy atom. The Hall–Kier alpha value is -3.76. The van der Waals surface area contributed by atoms with Crippen LogP contribution in [0.1, 0.15) is 69.3 Å². The number of aromatic amines is 1. The summed E-state index contributed by atoms with van der Waals surface area (Å²) in [5, 5.41) is 10.2. The van der Waals surface area contributed by atoms with Gasteiger partial charge in [0, 0.05) is 22.5 Å². The summed E-state index contributed by atoms with van der Waals surface area (Å²) in [4.78, 5) is 57.1. The fourth-order valence-corrected chi connectivity index (χ4v) is 6.48. The number of benzene rings is 2. The van der Waals surface area contributed by atoms with Crippen LogP contribution in [0.25, 0.3) is 10.9 Å². The highest BCUT2D eigenvalue weighted by atomic mass is 35.5. The van der Waals surface area contributed by atoms with Crippen LogP contribution in [0.15, 0.2) is 36.4 Å². The molecular formula is C34H43Cl2N5O5. The lowest BCUT2D eigenvalue weighted by atomic mass is 9.78. The summed E-state index contributed by atoms with van der Waals surface area (Å²) in [7, 11) is 0. The molecule has 1 heterocycles. The number of carbonyl (C=O) groups excluding carboxylic acids is 4. The lowest BCUT2D eigenvalue weighted by Crippen LogP contribution is -2.67. The highest BCUT2D eigenvalue weighted by molar-refractivity contribution is 6.38. The number of halogens is 2. The summed E-state index contributed by atoms with van der Waals surface area (Å²) in [5.74, 6) is -2.29. The second-order valence-corrected chi connectivity index (χ2v) is 13.2. The van der Waals surface area contributed by atoms with Gasteiger partial charge in [-0.1, -0.05) is 88.0 Å². The van der Waals surface area contributed by atoms with Crippen molar-refractivity contribution in [1.82, 2.24) is 20.9 Å². The minimum atomic E-state index is -1.48. The summed E-state index contributed by atoms with van der Waals surface area (Å²) in [6.07, 6.45) is 1.12. The van der Waals surface area contributed by atoms with Crippen LogP contribution in [0.2, 0.25) is 10.0 Å². The zero-order valence-corrected chi connectivity index (χ0v) is 28.4. The summed E-state index contributed by atoms with van der Waals surface area (Å²) >= 11 is 12.9. The summed E-state index contributed by atoms with van der Waals surface area (Å²) in [5.41, 5.74) is 8.39. The Morgan fingerprint density at radius 2 is 1.70 bits per heavy atom. The van der Waals surface area contributed by atoms with Gasteiger partial charge in [0.15, 0.2) is 0 Å². The predicted molar refractivity (Wildman–Crippen MR) is 180 cm³/mol. The fourth-order valence-electron chi connectivity index (χ4n) is 5.94. The predicted octanol–water partition coefficient (Wildman–Crippen LogP) is 5.48. The average Bonchev–Trinajstić information content (AvgIpc) is 3.38. The molecule has 0 radical (unpaired) electrons. The number of primary amides is 1. The number of nitrogens with two attached hydrogens (primary N) is 1. The van der Waals surface area contributed by atoms with Crippen molar-refractivity contribution in [3.8, 4) is 0 Å². The third-order valence-electron chi connectivity index (χ3n) is 9.29. The van der Waals surface area contributed by atoms with Gasteiger partial charge in [0.25, 0.3) is 0 Å². The maximum Gasteiger partial charge on any atom is 0.408 e. The van der Waals surface area contributed by atoms with Gasteiger partial charge in [-0.15, -0.1) is 0 Å². The van der Waals surface area contributed by atoms with E-state index in [0.29, 0.717) is 34.8 Å². The molecule has 46 heavy (non-hydrogen) atoms. The number of ether oxygens (including phenoxy) is 1. The minimum absolute atomic E-state index is 0.0400. The average molecular weight is 673 g/mol. The highest BCUT2D eigenvalue weighted by Crippen LogP contribution is 2.38. The van der Waals surface area contributed by atoms with Gasteiger partial charge >= 0.3 is 6.09 Å². The number of H-pyrrole nitrogens is 1. The third kappa shape index (κ3) is 7.61. The first kappa shape index (κ1) is 35.1. The van der Waals surface area contributed by atoms with Crippen molar-refractivity contribution in [2.24, 2.45) is 17.6 Å². The summed E-state index contributed by atoms with van der Waals surface area (Å²) in [6, 6.07) is 9.01. The van der Waals surface area contributed by atoms with Crippen molar-refractivity contribution in [2.45, 2.75) is 91.0 Å². The van der Waals surface area contributed by atoms with Gasteiger partial charge in [0.05, 0.1) is 10.5 Å². The van der Waals surface area contributed by atoms with E-state index in [1.165, 1.54) is 0 Å². The van der Waals surface area contributed by atoms with Crippen molar-refractivity contribution in [1.29, 1.82) is 0 Å². The quantitative estimate of drug-likeness (QED) is 0.172. The largest absolute Gasteiger partial charge is 0.445 e. The van der Waals surface area contributed by atoms with Crippen LogP contribution in [0, 0.1) is 18.8 Å². The first-order chi connectivity index (χ1) is 21.8. The second-order valence-electron chi connectivity index (χ2n) is 12.4. The van der Waals surface area contributed by atoms with Crippen LogP contribution >= 0.6 is 23.2 Å². The molecule has 0 bridgehead atoms. The fraction of sp³-hybridized carbons (Fsp3) is 0.471. The highest BCUT2D eigenvalue weighted by Gasteiger charge is 2.46. The van der Waals surface area contributed by atoms with E-state index >= 15 is 0 Å². The Kier molecular flexibility index (Phi) is 11.3. The molecule has 2 unspecified atom stereocenters. The van der Waals surface area contributed by atoms with Crippen molar-refractivity contribution < 1.29 is 23.9 Å². The number of fused-ring (bicyclic) bond motifs is 3. The molecule has 10 nitrogen and oxygen atoms in total. The van der Waals surface area contributed by atoms with Crippen LogP contribution < -0.4 is 21.7 Å². The molecule has 4 amide bonds. The smallest absolute Gasteiger partial charge is 0.408 e. The molecule has 0 fully saturated rings. The Bertz CT molecular complexity index is 1620. The summed E-state index contributed by atoms with van der Waals surface area (Å²) < 4.78 is 5.48. The normalized spacial score (nSPS) is 18.5. The van der Waals surface area contributed by atoms with Crippen LogP contribution in [0.5, 0.6) is 0 Å². The zero-order valence-electron chi connectivity index (χ0n) is 26.9. The van der Waals surface area contributed by atoms with Crippen molar-refractivity contribution in [3.05, 3.63) is 68.8 Å². The number of amides is 4. The van der Waals surface area contributed by atoms with Crippen LogP contribution in [0.3, 0.4) is 0 Å². The van der Waals surface area contributed by atoms with Gasteiger partial charge in [-0.25, -0.2) is 4.79 Å². The third-order valence-corrected chi connectivity index (χ3v) is 9.81. The number of rotatable bonds is 12. The molecular weight excluding hydrogens is 629 g/mol. The van der Waals surface area contributed by atoms with Crippen LogP contribution in [-0.2, 0) is 38.6 Å². The lowest BCUT2D eigenvalue weighted by Gasteiger charge is -2.39. The van der Waals surface area contributed by atoms with Gasteiger partial charge in [-0.3, -0.25) is 14.4 Å². The molecule has 0 spiro atoms. The molecule has 6 N–H and O–H groups in total. The molecule has 4 rings (SSSR count). The maximum atomic E-state index is 14.3. The van der Waals surface area contributed by atoms with E-state index in [2.05, 4.69) is 20.9 Å². The summed E-state index contributed by atoms with van der Waals surface area (Å²) in [6.45, 7) is 9.44. The first-order valence-corrected chi connectivity index (χ1v) is 16.4. The lowest BCUT2D eigenvalue weighted by molar-refractivity contribution is -0.137. The first-order valence-electron chi connectivity index (χ1n) is 15.7. The number of nitrogens with one attached hydrogen (secondary N) is 4. The van der Waals surface area contributed by atoms with E-state index in [1.54, 1.807) is 12.1 Å². The van der Waals surface area contributed by atoms with Gasteiger partial charge in [0.2, 0.25) is 17.7 Å². The molecule has 2 aromatic carbocycles. The number of aromatic nitrogens is 1. The van der Waals surface area contributed by atoms with Gasteiger partial charge in [0.1, 0.15) is 24.2 Å². The molecule has 248 valence electrons. The monoisotopic (exact) mass is 671 g/mol. The second kappa shape index (κ2) is 14.8. The van der Waals surface area contributed by atoms with E-state index in [4.69, 9.17) is 33.7 Å². The van der Waals surface area contributed by atoms with Crippen LogP contribution in [-0.4, -0.2) is 46.4 Å². The van der Waals surface area contributed by atoms with E-state index in [1.807, 2.05) is 58.9 Å². The standard InChI is InChI=1S/C34H43Cl2N5O5/c1-6-18(3)27(30(37)42)39-32(44)34(13-12-26-24(16-34)23-14-22(35)15-25(36)29(23)38-26)41-31(43)28(19(4)7-2)40-33(45)46-17-21-11-9-8-10-20(21)5/h8-11,14-15,18-19,27-28,38H,6-7,12-13,16-17H2,1-5H3,(H2,37,42)(H,39,44)(H,40,45)(H,41,43)/t18-,19-,27?,28?,34+/m0/s1. The molecule has 3 aromatic rings. The molecule has 0 saturated heterocycles. The van der Waals surface area contributed by atoms with Gasteiger partial charge in [-0.2, -0.15) is 0 Å². The topological polar surface area (TPSA) is 155 Å². The van der Waals surface area contributed by atoms with Crippen molar-refractivity contribution >= 4 is 57.9 Å². The number of carbonyl (C=O) groups is 4. The Labute approximate surface area is 279 Å². The molecule has 1 aliphatic rings.